The fourth-order valence-corrected chi connectivity index (χ4v) is 8.09. The Kier molecular flexibility index (Phi) is 7.78. The number of para-hydroxylation sites is 2. The molecule has 266 valence electrons. The molecular formula is C53H33N3O. The Bertz CT molecular complexity index is 3280. The standard InChI is InChI=1S/C53H33N3O/c1-3-13-34(14-4-1)38-17-11-18-39(31-38)40-29-30-41-33-47(42-19-7-8-20-43(42)48(41)32-40)35-25-27-37(28-26-35)52-54-51(36-15-5-2-6-16-36)55-53(56-52)46-23-12-22-45-44-21-9-10-24-49(44)57-50(45)46/h1-33H. The Morgan fingerprint density at radius 1 is 0.281 bits per heavy atom. The van der Waals surface area contributed by atoms with Crippen LogP contribution in [0, 0.1) is 0 Å². The molecule has 0 aliphatic rings. The lowest BCUT2D eigenvalue weighted by Crippen LogP contribution is -2.00. The van der Waals surface area contributed by atoms with Crippen LogP contribution in [0.3, 0.4) is 0 Å². The van der Waals surface area contributed by atoms with Crippen LogP contribution in [0.25, 0.3) is 111 Å². The fraction of sp³-hybridized carbons (Fsp3) is 0. The van der Waals surface area contributed by atoms with Crippen LogP contribution in [-0.4, -0.2) is 15.0 Å². The van der Waals surface area contributed by atoms with E-state index < -0.39 is 0 Å². The van der Waals surface area contributed by atoms with Crippen molar-refractivity contribution >= 4 is 43.5 Å². The van der Waals surface area contributed by atoms with Gasteiger partial charge in [-0.2, -0.15) is 0 Å². The van der Waals surface area contributed by atoms with Crippen molar-refractivity contribution in [2.24, 2.45) is 0 Å². The van der Waals surface area contributed by atoms with Crippen molar-refractivity contribution in [2.45, 2.75) is 0 Å². The van der Waals surface area contributed by atoms with Gasteiger partial charge in [0.05, 0.1) is 5.56 Å². The van der Waals surface area contributed by atoms with Crippen LogP contribution in [0.4, 0.5) is 0 Å². The van der Waals surface area contributed by atoms with Gasteiger partial charge in [0.2, 0.25) is 0 Å². The summed E-state index contributed by atoms with van der Waals surface area (Å²) in [5, 5.41) is 6.97. The predicted molar refractivity (Wildman–Crippen MR) is 235 cm³/mol. The Hall–Kier alpha value is -7.69. The Labute approximate surface area is 329 Å². The van der Waals surface area contributed by atoms with Gasteiger partial charge in [-0.25, -0.2) is 15.0 Å². The molecule has 0 aliphatic carbocycles. The molecule has 0 radical (unpaired) electrons. The first-order valence-electron chi connectivity index (χ1n) is 19.2. The van der Waals surface area contributed by atoms with Crippen molar-refractivity contribution in [1.29, 1.82) is 0 Å². The lowest BCUT2D eigenvalue weighted by molar-refractivity contribution is 0.669. The van der Waals surface area contributed by atoms with Gasteiger partial charge in [0.15, 0.2) is 17.5 Å². The first-order valence-corrected chi connectivity index (χ1v) is 19.2. The summed E-state index contributed by atoms with van der Waals surface area (Å²) in [4.78, 5) is 15.1. The van der Waals surface area contributed by atoms with Crippen molar-refractivity contribution in [3.8, 4) is 67.5 Å². The van der Waals surface area contributed by atoms with Crippen LogP contribution in [0.5, 0.6) is 0 Å². The van der Waals surface area contributed by atoms with Crippen molar-refractivity contribution in [2.75, 3.05) is 0 Å². The lowest BCUT2D eigenvalue weighted by atomic mass is 9.91. The number of fused-ring (bicyclic) bond motifs is 6. The molecule has 0 aliphatic heterocycles. The minimum atomic E-state index is 0.569. The van der Waals surface area contributed by atoms with Crippen molar-refractivity contribution in [3.63, 3.8) is 0 Å². The highest BCUT2D eigenvalue weighted by Crippen LogP contribution is 2.39. The Balaban J connectivity index is 0.998. The monoisotopic (exact) mass is 727 g/mol. The van der Waals surface area contributed by atoms with E-state index in [0.717, 1.165) is 44.2 Å². The Morgan fingerprint density at radius 3 is 1.58 bits per heavy atom. The predicted octanol–water partition coefficient (Wildman–Crippen LogP) is 14.1. The van der Waals surface area contributed by atoms with Gasteiger partial charge in [0.1, 0.15) is 11.2 Å². The van der Waals surface area contributed by atoms with E-state index in [1.165, 1.54) is 49.4 Å². The van der Waals surface area contributed by atoms with Gasteiger partial charge < -0.3 is 4.42 Å². The molecule has 2 aromatic heterocycles. The molecule has 0 spiro atoms. The minimum absolute atomic E-state index is 0.569. The lowest BCUT2D eigenvalue weighted by Gasteiger charge is -2.14. The van der Waals surface area contributed by atoms with E-state index >= 15 is 0 Å². The van der Waals surface area contributed by atoms with Gasteiger partial charge in [-0.1, -0.05) is 170 Å². The van der Waals surface area contributed by atoms with Crippen LogP contribution < -0.4 is 0 Å². The topological polar surface area (TPSA) is 51.8 Å². The molecule has 0 saturated carbocycles. The highest BCUT2D eigenvalue weighted by molar-refractivity contribution is 6.15. The molecule has 0 N–H and O–H groups in total. The molecule has 11 rings (SSSR count). The molecule has 4 nitrogen and oxygen atoms in total. The largest absolute Gasteiger partial charge is 0.455 e. The molecule has 0 atom stereocenters. The van der Waals surface area contributed by atoms with Gasteiger partial charge in [-0.05, 0) is 85.3 Å². The highest BCUT2D eigenvalue weighted by atomic mass is 16.3. The Morgan fingerprint density at radius 2 is 0.807 bits per heavy atom. The number of furan rings is 1. The summed E-state index contributed by atoms with van der Waals surface area (Å²) in [5.41, 5.74) is 11.4. The zero-order valence-corrected chi connectivity index (χ0v) is 30.8. The summed E-state index contributed by atoms with van der Waals surface area (Å²) >= 11 is 0. The number of rotatable bonds is 6. The molecule has 0 unspecified atom stereocenters. The maximum absolute atomic E-state index is 6.41. The zero-order valence-electron chi connectivity index (χ0n) is 30.8. The number of benzene rings is 9. The van der Waals surface area contributed by atoms with Crippen LogP contribution in [-0.2, 0) is 0 Å². The van der Waals surface area contributed by atoms with E-state index in [0.29, 0.717) is 17.5 Å². The second kappa shape index (κ2) is 13.6. The molecule has 0 amide bonds. The fourth-order valence-electron chi connectivity index (χ4n) is 8.09. The summed E-state index contributed by atoms with van der Waals surface area (Å²) in [5.74, 6) is 1.78. The van der Waals surface area contributed by atoms with Crippen LogP contribution >= 0.6 is 0 Å². The summed E-state index contributed by atoms with van der Waals surface area (Å²) in [6, 6.07) is 70.2. The summed E-state index contributed by atoms with van der Waals surface area (Å²) < 4.78 is 6.41. The summed E-state index contributed by atoms with van der Waals surface area (Å²) in [6.45, 7) is 0. The quantitative estimate of drug-likeness (QED) is 0.160. The second-order valence-corrected chi connectivity index (χ2v) is 14.4. The van der Waals surface area contributed by atoms with Crippen molar-refractivity contribution in [3.05, 3.63) is 200 Å². The first-order chi connectivity index (χ1) is 28.2. The van der Waals surface area contributed by atoms with Crippen molar-refractivity contribution in [1.82, 2.24) is 15.0 Å². The van der Waals surface area contributed by atoms with Crippen LogP contribution in [0.1, 0.15) is 0 Å². The number of hydrogen-bond donors (Lipinski definition) is 0. The second-order valence-electron chi connectivity index (χ2n) is 14.4. The van der Waals surface area contributed by atoms with E-state index in [1.807, 2.05) is 60.7 Å². The number of hydrogen-bond acceptors (Lipinski definition) is 4. The van der Waals surface area contributed by atoms with Crippen LogP contribution in [0.15, 0.2) is 205 Å². The van der Waals surface area contributed by atoms with E-state index in [9.17, 15) is 0 Å². The molecule has 9 aromatic carbocycles. The smallest absolute Gasteiger partial charge is 0.167 e. The molecule has 4 heteroatoms. The third-order valence-electron chi connectivity index (χ3n) is 10.9. The molecular weight excluding hydrogens is 695 g/mol. The molecule has 57 heavy (non-hydrogen) atoms. The number of aromatic nitrogens is 3. The minimum Gasteiger partial charge on any atom is -0.455 e. The molecule has 2 heterocycles. The zero-order chi connectivity index (χ0) is 37.7. The summed E-state index contributed by atoms with van der Waals surface area (Å²) in [7, 11) is 0. The summed E-state index contributed by atoms with van der Waals surface area (Å²) in [6.07, 6.45) is 0. The highest BCUT2D eigenvalue weighted by Gasteiger charge is 2.18. The van der Waals surface area contributed by atoms with E-state index in [2.05, 4.69) is 140 Å². The van der Waals surface area contributed by atoms with Gasteiger partial charge in [-0.15, -0.1) is 0 Å². The third kappa shape index (κ3) is 5.83. The molecule has 0 bridgehead atoms. The SMILES string of the molecule is c1ccc(-c2cccc(-c3ccc4cc(-c5ccc(-c6nc(-c7ccccc7)nc(-c7cccc8c7oc7ccccc78)n6)cc5)c5ccccc5c4c3)c2)cc1. The van der Waals surface area contributed by atoms with Crippen LogP contribution in [0.2, 0.25) is 0 Å². The average molecular weight is 728 g/mol. The first kappa shape index (κ1) is 32.7. The normalized spacial score (nSPS) is 11.5. The number of nitrogens with zero attached hydrogens (tertiary/aromatic N) is 3. The maximum atomic E-state index is 6.41. The van der Waals surface area contributed by atoms with E-state index in [-0.39, 0.29) is 0 Å². The molecule has 0 fully saturated rings. The molecule has 0 saturated heterocycles. The van der Waals surface area contributed by atoms with Gasteiger partial charge in [0.25, 0.3) is 0 Å². The third-order valence-corrected chi connectivity index (χ3v) is 10.9. The average Bonchev–Trinajstić information content (AvgIpc) is 3.68. The van der Waals surface area contributed by atoms with E-state index in [1.54, 1.807) is 0 Å². The van der Waals surface area contributed by atoms with Crippen molar-refractivity contribution < 1.29 is 4.42 Å². The maximum Gasteiger partial charge on any atom is 0.167 e. The van der Waals surface area contributed by atoms with Gasteiger partial charge in [0, 0.05) is 21.9 Å². The van der Waals surface area contributed by atoms with Gasteiger partial charge >= 0.3 is 0 Å². The van der Waals surface area contributed by atoms with E-state index in [4.69, 9.17) is 19.4 Å². The molecule has 11 aromatic rings. The van der Waals surface area contributed by atoms with Gasteiger partial charge in [-0.3, -0.25) is 0 Å².